The number of benzene rings is 1. The molecule has 0 spiro atoms. The summed E-state index contributed by atoms with van der Waals surface area (Å²) in [5.41, 5.74) is 5.19. The van der Waals surface area contributed by atoms with Crippen molar-refractivity contribution < 1.29 is 14.6 Å². The van der Waals surface area contributed by atoms with Gasteiger partial charge in [-0.05, 0) is 36.5 Å². The summed E-state index contributed by atoms with van der Waals surface area (Å²) in [4.78, 5) is 11.4. The number of aliphatic hydroxyl groups is 1. The van der Waals surface area contributed by atoms with Crippen molar-refractivity contribution in [2.45, 2.75) is 46.1 Å². The molecule has 0 aliphatic rings. The number of ether oxygens (including phenoxy) is 1. The molecular formula is C18H24O3. The molecule has 0 amide bonds. The maximum Gasteiger partial charge on any atom is 0.341 e. The van der Waals surface area contributed by atoms with Gasteiger partial charge in [-0.2, -0.15) is 0 Å². The monoisotopic (exact) mass is 288 g/mol. The minimum Gasteiger partial charge on any atom is -0.462 e. The van der Waals surface area contributed by atoms with E-state index in [2.05, 4.69) is 26.5 Å². The highest BCUT2D eigenvalue weighted by molar-refractivity contribution is 5.87. The van der Waals surface area contributed by atoms with Crippen LogP contribution in [-0.4, -0.2) is 17.7 Å². The normalized spacial score (nSPS) is 12.3. The summed E-state index contributed by atoms with van der Waals surface area (Å²) in [6, 6.07) is 7.80. The summed E-state index contributed by atoms with van der Waals surface area (Å²) in [6.45, 7) is 10.1. The lowest BCUT2D eigenvalue weighted by molar-refractivity contribution is -0.138. The van der Waals surface area contributed by atoms with E-state index in [1.165, 1.54) is 11.6 Å². The smallest absolute Gasteiger partial charge is 0.341 e. The van der Waals surface area contributed by atoms with Gasteiger partial charge in [-0.15, -0.1) is 5.73 Å². The lowest BCUT2D eigenvalue weighted by atomic mass is 9.86. The quantitative estimate of drug-likeness (QED) is 0.522. The zero-order valence-electron chi connectivity index (χ0n) is 13.4. The largest absolute Gasteiger partial charge is 0.462 e. The number of aliphatic hydroxyl groups excluding tert-OH is 1. The predicted octanol–water partition coefficient (Wildman–Crippen LogP) is 3.68. The van der Waals surface area contributed by atoms with E-state index >= 15 is 0 Å². The summed E-state index contributed by atoms with van der Waals surface area (Å²) < 4.78 is 4.85. The number of hydrogen-bond donors (Lipinski definition) is 1. The van der Waals surface area contributed by atoms with Crippen molar-refractivity contribution in [1.82, 2.24) is 0 Å². The Hall–Kier alpha value is -1.83. The van der Waals surface area contributed by atoms with Crippen molar-refractivity contribution in [2.75, 3.05) is 6.61 Å². The molecule has 0 heterocycles. The van der Waals surface area contributed by atoms with Crippen LogP contribution in [0, 0.1) is 0 Å². The molecule has 1 N–H and O–H groups in total. The highest BCUT2D eigenvalue weighted by Crippen LogP contribution is 2.24. The topological polar surface area (TPSA) is 46.5 Å². The zero-order valence-corrected chi connectivity index (χ0v) is 13.4. The van der Waals surface area contributed by atoms with Crippen LogP contribution >= 0.6 is 0 Å². The number of hydrogen-bond acceptors (Lipinski definition) is 3. The summed E-state index contributed by atoms with van der Waals surface area (Å²) in [7, 11) is 0. The Morgan fingerprint density at radius 1 is 1.33 bits per heavy atom. The molecule has 1 atom stereocenters. The van der Waals surface area contributed by atoms with Gasteiger partial charge in [0.25, 0.3) is 0 Å². The van der Waals surface area contributed by atoms with Crippen LogP contribution in [0.2, 0.25) is 0 Å². The van der Waals surface area contributed by atoms with Gasteiger partial charge < -0.3 is 9.84 Å². The van der Waals surface area contributed by atoms with Crippen molar-refractivity contribution >= 4 is 5.97 Å². The first-order valence-corrected chi connectivity index (χ1v) is 7.14. The highest BCUT2D eigenvalue weighted by Gasteiger charge is 2.13. The summed E-state index contributed by atoms with van der Waals surface area (Å²) >= 11 is 0. The van der Waals surface area contributed by atoms with Gasteiger partial charge >= 0.3 is 5.97 Å². The predicted molar refractivity (Wildman–Crippen MR) is 84.0 cm³/mol. The summed E-state index contributed by atoms with van der Waals surface area (Å²) in [6.07, 6.45) is 0.682. The molecule has 3 nitrogen and oxygen atoms in total. The number of carbonyl (C=O) groups excluding carboxylic acids is 1. The molecule has 0 aliphatic carbocycles. The Morgan fingerprint density at radius 2 is 1.90 bits per heavy atom. The minimum absolute atomic E-state index is 0.0831. The second kappa shape index (κ2) is 7.26. The first-order chi connectivity index (χ1) is 9.75. The Kier molecular flexibility index (Phi) is 5.95. The Morgan fingerprint density at radius 3 is 2.38 bits per heavy atom. The van der Waals surface area contributed by atoms with E-state index in [0.29, 0.717) is 12.2 Å². The van der Waals surface area contributed by atoms with Gasteiger partial charge in [-0.1, -0.05) is 45.0 Å². The first-order valence-electron chi connectivity index (χ1n) is 7.14. The fourth-order valence-corrected chi connectivity index (χ4v) is 1.78. The number of esters is 1. The lowest BCUT2D eigenvalue weighted by Gasteiger charge is -2.19. The highest BCUT2D eigenvalue weighted by atomic mass is 16.5. The van der Waals surface area contributed by atoms with E-state index in [1.54, 1.807) is 13.8 Å². The van der Waals surface area contributed by atoms with Gasteiger partial charge in [-0.3, -0.25) is 0 Å². The van der Waals surface area contributed by atoms with Crippen molar-refractivity contribution in [3.8, 4) is 0 Å². The van der Waals surface area contributed by atoms with Crippen LogP contribution in [0.1, 0.15) is 51.8 Å². The van der Waals surface area contributed by atoms with Gasteiger partial charge in [-0.25, -0.2) is 4.79 Å². The average Bonchev–Trinajstić information content (AvgIpc) is 2.43. The molecule has 1 unspecified atom stereocenters. The summed E-state index contributed by atoms with van der Waals surface area (Å²) in [5.74, 6) is -0.413. The van der Waals surface area contributed by atoms with Crippen molar-refractivity contribution in [3.05, 3.63) is 52.8 Å². The van der Waals surface area contributed by atoms with Crippen LogP contribution in [0.3, 0.4) is 0 Å². The maximum absolute atomic E-state index is 11.4. The van der Waals surface area contributed by atoms with Crippen LogP contribution in [-0.2, 0) is 14.9 Å². The lowest BCUT2D eigenvalue weighted by Crippen LogP contribution is -2.10. The standard InChI is InChI=1S/C18H24O3/c1-6-21-17(20)13(2)7-12-16(19)14-8-10-15(11-9-14)18(3,4)5/h8-12,16,19H,6H2,1-5H3. The molecule has 0 fully saturated rings. The molecule has 0 aliphatic heterocycles. The van der Waals surface area contributed by atoms with Gasteiger partial charge in [0.1, 0.15) is 6.10 Å². The molecule has 21 heavy (non-hydrogen) atoms. The van der Waals surface area contributed by atoms with E-state index in [-0.39, 0.29) is 5.41 Å². The third-order valence-electron chi connectivity index (χ3n) is 3.16. The minimum atomic E-state index is -0.789. The van der Waals surface area contributed by atoms with E-state index < -0.39 is 12.1 Å². The van der Waals surface area contributed by atoms with E-state index in [9.17, 15) is 9.90 Å². The van der Waals surface area contributed by atoms with E-state index in [4.69, 9.17) is 4.74 Å². The van der Waals surface area contributed by atoms with E-state index in [1.807, 2.05) is 24.3 Å². The van der Waals surface area contributed by atoms with Crippen LogP contribution < -0.4 is 0 Å². The van der Waals surface area contributed by atoms with Gasteiger partial charge in [0.15, 0.2) is 0 Å². The van der Waals surface area contributed by atoms with Gasteiger partial charge in [0.05, 0.1) is 12.2 Å². The van der Waals surface area contributed by atoms with Gasteiger partial charge in [0, 0.05) is 0 Å². The molecule has 1 aromatic rings. The molecule has 0 radical (unpaired) electrons. The maximum atomic E-state index is 11.4. The van der Waals surface area contributed by atoms with Crippen molar-refractivity contribution in [1.29, 1.82) is 0 Å². The van der Waals surface area contributed by atoms with Gasteiger partial charge in [0.2, 0.25) is 0 Å². The van der Waals surface area contributed by atoms with Crippen LogP contribution in [0.4, 0.5) is 0 Å². The van der Waals surface area contributed by atoms with Crippen LogP contribution in [0.25, 0.3) is 0 Å². The number of rotatable bonds is 4. The fraction of sp³-hybridized carbons (Fsp3) is 0.444. The Bertz CT molecular complexity index is 541. The molecular weight excluding hydrogens is 264 g/mol. The van der Waals surface area contributed by atoms with Crippen molar-refractivity contribution in [2.24, 2.45) is 0 Å². The van der Waals surface area contributed by atoms with Crippen LogP contribution in [0.5, 0.6) is 0 Å². The van der Waals surface area contributed by atoms with Crippen LogP contribution in [0.15, 0.2) is 41.6 Å². The molecule has 3 heteroatoms. The second-order valence-corrected chi connectivity index (χ2v) is 5.97. The van der Waals surface area contributed by atoms with E-state index in [0.717, 1.165) is 5.56 Å². The number of carbonyl (C=O) groups is 1. The SMILES string of the molecule is CCOC(=O)C(C)=C=CC(O)c1ccc(C(C)(C)C)cc1. The molecule has 0 saturated heterocycles. The zero-order chi connectivity index (χ0) is 16.0. The molecule has 0 bridgehead atoms. The Balaban J connectivity index is 2.87. The molecule has 1 rings (SSSR count). The average molecular weight is 288 g/mol. The molecule has 1 aromatic carbocycles. The molecule has 0 saturated carbocycles. The first kappa shape index (κ1) is 17.2. The summed E-state index contributed by atoms with van der Waals surface area (Å²) in [5, 5.41) is 10.1. The molecule has 114 valence electrons. The molecule has 0 aromatic heterocycles. The Labute approximate surface area is 127 Å². The van der Waals surface area contributed by atoms with Crippen molar-refractivity contribution in [3.63, 3.8) is 0 Å². The third kappa shape index (κ3) is 5.22. The fourth-order valence-electron chi connectivity index (χ4n) is 1.78. The second-order valence-electron chi connectivity index (χ2n) is 5.97. The third-order valence-corrected chi connectivity index (χ3v) is 3.16.